The fraction of sp³-hybridized carbons (Fsp3) is 0.361. The molecule has 0 spiro atoms. The molecule has 0 bridgehead atoms. The Morgan fingerprint density at radius 1 is 0.939 bits per heavy atom. The normalized spacial score (nSPS) is 19.4. The molecule has 0 saturated heterocycles. The lowest BCUT2D eigenvalue weighted by Crippen LogP contribution is -2.55. The summed E-state index contributed by atoms with van der Waals surface area (Å²) in [5.74, 6) is -2.37. The molecule has 3 aromatic carbocycles. The third kappa shape index (κ3) is 11.2. The van der Waals surface area contributed by atoms with Crippen LogP contribution in [0, 0.1) is 5.92 Å². The number of fused-ring (bicyclic) bond motifs is 1. The number of likely N-dealkylation sites (N-methyl/N-ethyl adjacent to an activating group) is 1. The van der Waals surface area contributed by atoms with Gasteiger partial charge in [0, 0.05) is 12.1 Å². The third-order valence-corrected chi connectivity index (χ3v) is 8.01. The van der Waals surface area contributed by atoms with Crippen LogP contribution in [0.25, 0.3) is 0 Å². The summed E-state index contributed by atoms with van der Waals surface area (Å²) in [5, 5.41) is 11.6. The lowest BCUT2D eigenvalue weighted by Gasteiger charge is -2.28. The lowest BCUT2D eigenvalue weighted by atomic mass is 10.0. The molecule has 3 aromatic rings. The maximum Gasteiger partial charge on any atom is 0.255 e. The number of nitrogens with one attached hydrogen (secondary N) is 4. The van der Waals surface area contributed by atoms with Gasteiger partial charge in [-0.2, -0.15) is 0 Å². The highest BCUT2D eigenvalue weighted by Crippen LogP contribution is 2.20. The number of carbonyl (C=O) groups excluding carboxylic acids is 5. The summed E-state index contributed by atoms with van der Waals surface area (Å²) in [6, 6.07) is 20.0. The molecule has 0 aliphatic carbocycles. The van der Waals surface area contributed by atoms with Gasteiger partial charge in [0.05, 0.1) is 31.1 Å². The predicted molar refractivity (Wildman–Crippen MR) is 184 cm³/mol. The molecule has 260 valence electrons. The molecule has 5 amide bonds. The molecule has 49 heavy (non-hydrogen) atoms. The fourth-order valence-corrected chi connectivity index (χ4v) is 5.32. The molecule has 0 unspecified atom stereocenters. The van der Waals surface area contributed by atoms with Crippen LogP contribution in [0.1, 0.15) is 36.2 Å². The standard InChI is InChI=1S/C36H42ClN5O7/c1-23(2)33-36(47)42(3)21-32(44)39-26(19-24-9-5-4-6-10-24)22-49-30-12-8-7-11-28(30)34(45)40-29(20-31(43)41-33)35(46)38-17-18-48-27-15-13-25(37)14-16-27/h4-16,23,26,29,33H,17-22H2,1-3H3,(H,38,46)(H,39,44)(H,40,45)(H,41,43)/t26-,29+,33+/m1/s1. The third-order valence-electron chi connectivity index (χ3n) is 7.76. The number of nitrogens with zero attached hydrogens (tertiary/aromatic N) is 1. The van der Waals surface area contributed by atoms with E-state index in [-0.39, 0.29) is 43.5 Å². The van der Waals surface area contributed by atoms with Gasteiger partial charge in [0.25, 0.3) is 5.91 Å². The molecule has 4 rings (SSSR count). The molecule has 12 nitrogen and oxygen atoms in total. The van der Waals surface area contributed by atoms with Crippen molar-refractivity contribution in [1.29, 1.82) is 0 Å². The first-order valence-electron chi connectivity index (χ1n) is 16.1. The number of para-hydroxylation sites is 1. The minimum absolute atomic E-state index is 0.00871. The van der Waals surface area contributed by atoms with E-state index >= 15 is 0 Å². The Balaban J connectivity index is 1.58. The van der Waals surface area contributed by atoms with E-state index in [0.29, 0.717) is 17.2 Å². The molecule has 0 aromatic heterocycles. The second kappa shape index (κ2) is 17.9. The predicted octanol–water partition coefficient (Wildman–Crippen LogP) is 2.74. The fourth-order valence-electron chi connectivity index (χ4n) is 5.20. The van der Waals surface area contributed by atoms with Crippen molar-refractivity contribution in [3.05, 3.63) is 95.0 Å². The smallest absolute Gasteiger partial charge is 0.255 e. The number of rotatable bonds is 8. The Hall–Kier alpha value is -5.10. The van der Waals surface area contributed by atoms with Crippen LogP contribution >= 0.6 is 11.6 Å². The zero-order chi connectivity index (χ0) is 35.3. The van der Waals surface area contributed by atoms with Crippen molar-refractivity contribution in [1.82, 2.24) is 26.2 Å². The highest BCUT2D eigenvalue weighted by atomic mass is 35.5. The Labute approximate surface area is 290 Å². The van der Waals surface area contributed by atoms with Crippen molar-refractivity contribution >= 4 is 41.1 Å². The van der Waals surface area contributed by atoms with Gasteiger partial charge in [-0.05, 0) is 54.3 Å². The van der Waals surface area contributed by atoms with E-state index in [1.807, 2.05) is 30.3 Å². The van der Waals surface area contributed by atoms with Crippen LogP contribution < -0.4 is 30.7 Å². The largest absolute Gasteiger partial charge is 0.492 e. The van der Waals surface area contributed by atoms with E-state index in [4.69, 9.17) is 21.1 Å². The van der Waals surface area contributed by atoms with Crippen molar-refractivity contribution in [2.24, 2.45) is 5.92 Å². The number of halogens is 1. The second-order valence-corrected chi connectivity index (χ2v) is 12.5. The van der Waals surface area contributed by atoms with Gasteiger partial charge < -0.3 is 35.6 Å². The highest BCUT2D eigenvalue weighted by molar-refractivity contribution is 6.30. The molecule has 3 atom stereocenters. The zero-order valence-corrected chi connectivity index (χ0v) is 28.5. The van der Waals surface area contributed by atoms with Crippen molar-refractivity contribution in [2.45, 2.75) is 44.8 Å². The average Bonchev–Trinajstić information content (AvgIpc) is 3.08. The highest BCUT2D eigenvalue weighted by Gasteiger charge is 2.32. The molecular formula is C36H42ClN5O7. The number of hydrogen-bond donors (Lipinski definition) is 4. The maximum atomic E-state index is 13.6. The van der Waals surface area contributed by atoms with Crippen LogP contribution in [0.5, 0.6) is 11.5 Å². The van der Waals surface area contributed by atoms with E-state index in [0.717, 1.165) is 5.56 Å². The Bertz CT molecular complexity index is 1600. The summed E-state index contributed by atoms with van der Waals surface area (Å²) in [5.41, 5.74) is 1.09. The minimum Gasteiger partial charge on any atom is -0.492 e. The Morgan fingerprint density at radius 3 is 2.35 bits per heavy atom. The molecular weight excluding hydrogens is 650 g/mol. The number of hydrogen-bond acceptors (Lipinski definition) is 7. The van der Waals surface area contributed by atoms with Crippen molar-refractivity contribution in [3.8, 4) is 11.5 Å². The first-order chi connectivity index (χ1) is 23.5. The summed E-state index contributed by atoms with van der Waals surface area (Å²) in [4.78, 5) is 68.3. The molecule has 13 heteroatoms. The van der Waals surface area contributed by atoms with Crippen LogP contribution in [0.3, 0.4) is 0 Å². The van der Waals surface area contributed by atoms with E-state index in [1.54, 1.807) is 62.4 Å². The van der Waals surface area contributed by atoms with E-state index in [9.17, 15) is 24.0 Å². The summed E-state index contributed by atoms with van der Waals surface area (Å²) >= 11 is 5.92. The molecule has 1 aliphatic rings. The van der Waals surface area contributed by atoms with Crippen LogP contribution in [-0.4, -0.2) is 85.9 Å². The Kier molecular flexibility index (Phi) is 13.4. The van der Waals surface area contributed by atoms with Crippen LogP contribution in [0.2, 0.25) is 5.02 Å². The summed E-state index contributed by atoms with van der Waals surface area (Å²) < 4.78 is 11.7. The van der Waals surface area contributed by atoms with Gasteiger partial charge in [-0.25, -0.2) is 0 Å². The second-order valence-electron chi connectivity index (χ2n) is 12.1. The van der Waals surface area contributed by atoms with Crippen LogP contribution in [0.15, 0.2) is 78.9 Å². The van der Waals surface area contributed by atoms with E-state index < -0.39 is 54.1 Å². The number of ether oxygens (including phenoxy) is 2. The average molecular weight is 692 g/mol. The summed E-state index contributed by atoms with van der Waals surface area (Å²) in [6.45, 7) is 3.46. The first-order valence-corrected chi connectivity index (χ1v) is 16.4. The van der Waals surface area contributed by atoms with E-state index in [1.165, 1.54) is 11.9 Å². The molecule has 1 aliphatic heterocycles. The van der Waals surface area contributed by atoms with Crippen LogP contribution in [0.4, 0.5) is 0 Å². The number of carbonyl (C=O) groups is 5. The topological polar surface area (TPSA) is 155 Å². The Morgan fingerprint density at radius 2 is 1.63 bits per heavy atom. The lowest BCUT2D eigenvalue weighted by molar-refractivity contribution is -0.139. The molecule has 1 heterocycles. The number of benzene rings is 3. The minimum atomic E-state index is -1.30. The van der Waals surface area contributed by atoms with Crippen molar-refractivity contribution in [3.63, 3.8) is 0 Å². The molecule has 0 saturated carbocycles. The SMILES string of the molecule is CC(C)[C@@H]1NC(=O)C[C@@H](C(=O)NCCOc2ccc(Cl)cc2)NC(=O)c2ccccc2OC[C@@H](Cc2ccccc2)NC(=O)CN(C)C1=O. The zero-order valence-electron chi connectivity index (χ0n) is 27.7. The number of amides is 5. The molecule has 0 fully saturated rings. The monoisotopic (exact) mass is 691 g/mol. The van der Waals surface area contributed by atoms with Gasteiger partial charge in [0.15, 0.2) is 0 Å². The first kappa shape index (κ1) is 36.7. The van der Waals surface area contributed by atoms with Crippen molar-refractivity contribution in [2.75, 3.05) is 33.4 Å². The van der Waals surface area contributed by atoms with Gasteiger partial charge in [-0.15, -0.1) is 0 Å². The van der Waals surface area contributed by atoms with Gasteiger partial charge >= 0.3 is 0 Å². The van der Waals surface area contributed by atoms with Gasteiger partial charge in [-0.3, -0.25) is 24.0 Å². The summed E-state index contributed by atoms with van der Waals surface area (Å²) in [6.07, 6.45) is -0.0360. The van der Waals surface area contributed by atoms with Gasteiger partial charge in [0.2, 0.25) is 23.6 Å². The molecule has 0 radical (unpaired) electrons. The van der Waals surface area contributed by atoms with Gasteiger partial charge in [0.1, 0.15) is 36.8 Å². The quantitative estimate of drug-likeness (QED) is 0.265. The summed E-state index contributed by atoms with van der Waals surface area (Å²) in [7, 11) is 1.49. The maximum absolute atomic E-state index is 13.6. The van der Waals surface area contributed by atoms with Gasteiger partial charge in [-0.1, -0.05) is 67.9 Å². The van der Waals surface area contributed by atoms with Crippen LogP contribution in [-0.2, 0) is 25.6 Å². The van der Waals surface area contributed by atoms with E-state index in [2.05, 4.69) is 21.3 Å². The molecule has 4 N–H and O–H groups in total. The van der Waals surface area contributed by atoms with Crippen molar-refractivity contribution < 1.29 is 33.4 Å².